The van der Waals surface area contributed by atoms with Crippen molar-refractivity contribution in [3.63, 3.8) is 0 Å². The average Bonchev–Trinajstić information content (AvgIpc) is 3.27. The lowest BCUT2D eigenvalue weighted by Crippen LogP contribution is -2.22. The van der Waals surface area contributed by atoms with Gasteiger partial charge in [-0.15, -0.1) is 0 Å². The lowest BCUT2D eigenvalue weighted by molar-refractivity contribution is 0.0951. The minimum atomic E-state index is -0.155. The SMILES string of the molecule is O=C(NCc1ccc(-c2cccnc2)nc1)c1ccc(Oc2nccs2)cc1. The maximum Gasteiger partial charge on any atom is 0.278 e. The molecule has 7 heteroatoms. The first-order valence-corrected chi connectivity index (χ1v) is 9.47. The molecule has 0 fully saturated rings. The second-order valence-corrected chi connectivity index (χ2v) is 6.76. The van der Waals surface area contributed by atoms with Crippen molar-refractivity contribution in [2.24, 2.45) is 0 Å². The molecule has 0 saturated heterocycles. The van der Waals surface area contributed by atoms with E-state index in [0.29, 0.717) is 23.1 Å². The molecule has 28 heavy (non-hydrogen) atoms. The van der Waals surface area contributed by atoms with Crippen LogP contribution in [0.2, 0.25) is 0 Å². The number of pyridine rings is 2. The Kier molecular flexibility index (Phi) is 5.35. The molecule has 6 nitrogen and oxygen atoms in total. The number of hydrogen-bond acceptors (Lipinski definition) is 6. The minimum absolute atomic E-state index is 0.155. The summed E-state index contributed by atoms with van der Waals surface area (Å²) in [5.41, 5.74) is 3.29. The van der Waals surface area contributed by atoms with E-state index in [1.54, 1.807) is 49.1 Å². The first-order valence-electron chi connectivity index (χ1n) is 8.59. The topological polar surface area (TPSA) is 77.0 Å². The molecule has 0 bridgehead atoms. The van der Waals surface area contributed by atoms with Gasteiger partial charge in [-0.05, 0) is 48.0 Å². The molecule has 1 N–H and O–H groups in total. The fraction of sp³-hybridized carbons (Fsp3) is 0.0476. The fourth-order valence-electron chi connectivity index (χ4n) is 2.53. The zero-order chi connectivity index (χ0) is 19.2. The molecule has 1 amide bonds. The Morgan fingerprint density at radius 2 is 1.89 bits per heavy atom. The molecule has 0 spiro atoms. The summed E-state index contributed by atoms with van der Waals surface area (Å²) in [5, 5.41) is 5.31. The predicted octanol–water partition coefficient (Wildman–Crippen LogP) is 4.32. The van der Waals surface area contributed by atoms with Gasteiger partial charge in [-0.3, -0.25) is 14.8 Å². The number of rotatable bonds is 6. The van der Waals surface area contributed by atoms with Crippen molar-refractivity contribution in [2.45, 2.75) is 6.54 Å². The van der Waals surface area contributed by atoms with Gasteiger partial charge in [0.05, 0.1) is 5.69 Å². The van der Waals surface area contributed by atoms with Crippen LogP contribution in [0.5, 0.6) is 10.9 Å². The van der Waals surface area contributed by atoms with Crippen LogP contribution in [0.3, 0.4) is 0 Å². The third-order valence-electron chi connectivity index (χ3n) is 3.97. The van der Waals surface area contributed by atoms with Crippen LogP contribution in [0.15, 0.2) is 78.7 Å². The Hall–Kier alpha value is -3.58. The molecule has 0 aliphatic carbocycles. The monoisotopic (exact) mass is 388 g/mol. The summed E-state index contributed by atoms with van der Waals surface area (Å²) in [6, 6.07) is 14.6. The highest BCUT2D eigenvalue weighted by atomic mass is 32.1. The maximum atomic E-state index is 12.3. The summed E-state index contributed by atoms with van der Waals surface area (Å²) in [4.78, 5) is 24.9. The Bertz CT molecular complexity index is 1030. The highest BCUT2D eigenvalue weighted by molar-refractivity contribution is 7.11. The van der Waals surface area contributed by atoms with E-state index in [4.69, 9.17) is 4.74 Å². The van der Waals surface area contributed by atoms with Gasteiger partial charge in [-0.25, -0.2) is 4.98 Å². The highest BCUT2D eigenvalue weighted by Crippen LogP contribution is 2.23. The van der Waals surface area contributed by atoms with E-state index in [9.17, 15) is 4.79 Å². The van der Waals surface area contributed by atoms with Gasteiger partial charge in [0.25, 0.3) is 11.1 Å². The fourth-order valence-corrected chi connectivity index (χ4v) is 3.04. The summed E-state index contributed by atoms with van der Waals surface area (Å²) in [5.74, 6) is 0.485. The maximum absolute atomic E-state index is 12.3. The van der Waals surface area contributed by atoms with Gasteiger partial charge in [-0.1, -0.05) is 17.4 Å². The standard InChI is InChI=1S/C21H16N4O2S/c26-20(16-4-6-18(7-5-16)27-21-23-10-11-28-21)25-13-15-3-8-19(24-12-15)17-2-1-9-22-14-17/h1-12,14H,13H2,(H,25,26). The number of carbonyl (C=O) groups excluding carboxylic acids is 1. The first-order chi connectivity index (χ1) is 13.8. The number of nitrogens with zero attached hydrogens (tertiary/aromatic N) is 3. The molecule has 138 valence electrons. The van der Waals surface area contributed by atoms with Gasteiger partial charge in [-0.2, -0.15) is 0 Å². The zero-order valence-corrected chi connectivity index (χ0v) is 15.6. The van der Waals surface area contributed by atoms with Crippen LogP contribution in [0.1, 0.15) is 15.9 Å². The molecule has 4 rings (SSSR count). The Morgan fingerprint density at radius 1 is 1.00 bits per heavy atom. The summed E-state index contributed by atoms with van der Waals surface area (Å²) in [6.07, 6.45) is 6.93. The predicted molar refractivity (Wildman–Crippen MR) is 107 cm³/mol. The van der Waals surface area contributed by atoms with Gasteiger partial charge in [0.2, 0.25) is 0 Å². The van der Waals surface area contributed by atoms with Crippen molar-refractivity contribution < 1.29 is 9.53 Å². The van der Waals surface area contributed by atoms with E-state index in [0.717, 1.165) is 16.8 Å². The number of nitrogens with one attached hydrogen (secondary N) is 1. The van der Waals surface area contributed by atoms with E-state index in [1.807, 2.05) is 29.6 Å². The molecule has 0 radical (unpaired) electrons. The van der Waals surface area contributed by atoms with Gasteiger partial charge >= 0.3 is 0 Å². The summed E-state index contributed by atoms with van der Waals surface area (Å²) in [6.45, 7) is 0.399. The second kappa shape index (κ2) is 8.41. The molecule has 3 heterocycles. The molecule has 0 aliphatic heterocycles. The van der Waals surface area contributed by atoms with Gasteiger partial charge in [0, 0.05) is 47.8 Å². The largest absolute Gasteiger partial charge is 0.431 e. The molecule has 0 aliphatic rings. The molecular formula is C21H16N4O2S. The van der Waals surface area contributed by atoms with Gasteiger partial charge in [0.15, 0.2) is 0 Å². The Balaban J connectivity index is 1.34. The van der Waals surface area contributed by atoms with E-state index >= 15 is 0 Å². The van der Waals surface area contributed by atoms with E-state index in [2.05, 4.69) is 20.3 Å². The Morgan fingerprint density at radius 3 is 2.57 bits per heavy atom. The lowest BCUT2D eigenvalue weighted by atomic mass is 10.1. The van der Waals surface area contributed by atoms with Crippen LogP contribution >= 0.6 is 11.3 Å². The van der Waals surface area contributed by atoms with Crippen LogP contribution in [0, 0.1) is 0 Å². The van der Waals surface area contributed by atoms with Crippen LogP contribution in [-0.2, 0) is 6.54 Å². The third kappa shape index (κ3) is 4.39. The first kappa shape index (κ1) is 17.8. The molecule has 0 atom stereocenters. The summed E-state index contributed by atoms with van der Waals surface area (Å²) < 4.78 is 5.59. The number of benzene rings is 1. The lowest BCUT2D eigenvalue weighted by Gasteiger charge is -2.07. The van der Waals surface area contributed by atoms with Crippen molar-refractivity contribution in [3.8, 4) is 22.2 Å². The molecule has 0 saturated carbocycles. The Labute approximate surface area is 165 Å². The number of amides is 1. The summed E-state index contributed by atoms with van der Waals surface area (Å²) in [7, 11) is 0. The molecule has 0 unspecified atom stereocenters. The smallest absolute Gasteiger partial charge is 0.278 e. The zero-order valence-electron chi connectivity index (χ0n) is 14.8. The number of ether oxygens (including phenoxy) is 1. The molecule has 4 aromatic rings. The van der Waals surface area contributed by atoms with Crippen molar-refractivity contribution in [3.05, 3.63) is 89.8 Å². The van der Waals surface area contributed by atoms with Gasteiger partial charge in [0.1, 0.15) is 5.75 Å². The summed E-state index contributed by atoms with van der Waals surface area (Å²) >= 11 is 1.41. The van der Waals surface area contributed by atoms with E-state index in [-0.39, 0.29) is 5.91 Å². The quantitative estimate of drug-likeness (QED) is 0.532. The number of hydrogen-bond donors (Lipinski definition) is 1. The minimum Gasteiger partial charge on any atom is -0.431 e. The normalized spacial score (nSPS) is 10.4. The third-order valence-corrected chi connectivity index (χ3v) is 4.61. The number of carbonyl (C=O) groups is 1. The van der Waals surface area contributed by atoms with Crippen molar-refractivity contribution in [2.75, 3.05) is 0 Å². The van der Waals surface area contributed by atoms with Gasteiger partial charge < -0.3 is 10.1 Å². The van der Waals surface area contributed by atoms with Crippen LogP contribution in [0.25, 0.3) is 11.3 Å². The highest BCUT2D eigenvalue weighted by Gasteiger charge is 2.07. The van der Waals surface area contributed by atoms with Crippen molar-refractivity contribution in [1.82, 2.24) is 20.3 Å². The van der Waals surface area contributed by atoms with Crippen molar-refractivity contribution in [1.29, 1.82) is 0 Å². The van der Waals surface area contributed by atoms with Crippen LogP contribution in [0.4, 0.5) is 0 Å². The number of aromatic nitrogens is 3. The van der Waals surface area contributed by atoms with E-state index < -0.39 is 0 Å². The molecule has 3 aromatic heterocycles. The van der Waals surface area contributed by atoms with Crippen LogP contribution < -0.4 is 10.1 Å². The van der Waals surface area contributed by atoms with Crippen LogP contribution in [-0.4, -0.2) is 20.9 Å². The second-order valence-electron chi connectivity index (χ2n) is 5.90. The molecular weight excluding hydrogens is 372 g/mol. The van der Waals surface area contributed by atoms with E-state index in [1.165, 1.54) is 11.3 Å². The number of thiazole rings is 1. The molecule has 1 aromatic carbocycles. The average molecular weight is 388 g/mol. The van der Waals surface area contributed by atoms with Crippen molar-refractivity contribution >= 4 is 17.2 Å².